The van der Waals surface area contributed by atoms with Crippen LogP contribution in [0.3, 0.4) is 0 Å². The molecule has 1 aromatic carbocycles. The maximum Gasteiger partial charge on any atom is 0.336 e. The predicted octanol–water partition coefficient (Wildman–Crippen LogP) is 4.43. The first-order valence-electron chi connectivity index (χ1n) is 9.68. The van der Waals surface area contributed by atoms with E-state index in [4.69, 9.17) is 13.9 Å². The number of furan rings is 1. The summed E-state index contributed by atoms with van der Waals surface area (Å²) in [5.74, 6) is -1.72. The molecular weight excluding hydrogens is 370 g/mol. The lowest BCUT2D eigenvalue weighted by Gasteiger charge is -2.31. The third-order valence-corrected chi connectivity index (χ3v) is 4.74. The van der Waals surface area contributed by atoms with Crippen LogP contribution in [-0.4, -0.2) is 25.2 Å². The van der Waals surface area contributed by atoms with Gasteiger partial charge in [0.05, 0.1) is 36.9 Å². The van der Waals surface area contributed by atoms with Gasteiger partial charge in [0.1, 0.15) is 5.76 Å². The van der Waals surface area contributed by atoms with E-state index in [9.17, 15) is 9.59 Å². The summed E-state index contributed by atoms with van der Waals surface area (Å²) in [5.41, 5.74) is 2.51. The molecule has 0 unspecified atom stereocenters. The first-order chi connectivity index (χ1) is 14.1. The predicted molar refractivity (Wildman–Crippen MR) is 109 cm³/mol. The van der Waals surface area contributed by atoms with E-state index in [1.807, 2.05) is 37.3 Å². The molecule has 6 nitrogen and oxygen atoms in total. The topological polar surface area (TPSA) is 77.8 Å². The van der Waals surface area contributed by atoms with E-state index in [0.29, 0.717) is 17.0 Å². The molecule has 0 saturated carbocycles. The van der Waals surface area contributed by atoms with Crippen molar-refractivity contribution in [3.05, 3.63) is 77.4 Å². The molecule has 6 heteroatoms. The second-order valence-corrected chi connectivity index (χ2v) is 6.65. The van der Waals surface area contributed by atoms with Gasteiger partial charge in [-0.1, -0.05) is 23.8 Å². The highest BCUT2D eigenvalue weighted by atomic mass is 16.5. The minimum absolute atomic E-state index is 0.221. The lowest BCUT2D eigenvalue weighted by Crippen LogP contribution is -2.33. The number of carbonyl (C=O) groups is 2. The van der Waals surface area contributed by atoms with Crippen molar-refractivity contribution in [2.24, 2.45) is 5.92 Å². The minimum atomic E-state index is -0.679. The smallest absolute Gasteiger partial charge is 0.336 e. The normalized spacial score (nSPS) is 18.8. The molecule has 0 radical (unpaired) electrons. The third kappa shape index (κ3) is 4.42. The van der Waals surface area contributed by atoms with Gasteiger partial charge in [-0.25, -0.2) is 4.79 Å². The zero-order valence-corrected chi connectivity index (χ0v) is 16.8. The molecule has 1 heterocycles. The summed E-state index contributed by atoms with van der Waals surface area (Å²) in [6.07, 6.45) is 3.33. The van der Waals surface area contributed by atoms with Gasteiger partial charge in [0.15, 0.2) is 0 Å². The average molecular weight is 395 g/mol. The number of hydrogen-bond donors (Lipinski definition) is 1. The molecule has 1 aliphatic carbocycles. The molecule has 1 N–H and O–H groups in total. The standard InChI is InChI=1S/C23H25NO5/c1-4-27-22(25)19-15(3)14-17(24-16-10-7-6-8-11-16)20(23(26)28-5-2)21(19)18-12-9-13-29-18/h6-14,19,21,24H,4-5H2,1-3H3/t19-,21+/m0/s1. The fraction of sp³-hybridized carbons (Fsp3) is 0.304. The summed E-state index contributed by atoms with van der Waals surface area (Å²) in [6, 6.07) is 13.0. The Bertz CT molecular complexity index is 912. The highest BCUT2D eigenvalue weighted by molar-refractivity contribution is 5.95. The Kier molecular flexibility index (Phi) is 6.54. The lowest BCUT2D eigenvalue weighted by molar-refractivity contribution is -0.147. The Balaban J connectivity index is 2.15. The molecule has 0 spiro atoms. The molecule has 0 aliphatic heterocycles. The van der Waals surface area contributed by atoms with Crippen LogP contribution < -0.4 is 5.32 Å². The van der Waals surface area contributed by atoms with Crippen molar-refractivity contribution in [3.8, 4) is 0 Å². The van der Waals surface area contributed by atoms with Gasteiger partial charge in [-0.2, -0.15) is 0 Å². The Morgan fingerprint density at radius 2 is 1.76 bits per heavy atom. The molecule has 2 aromatic rings. The molecule has 0 fully saturated rings. The summed E-state index contributed by atoms with van der Waals surface area (Å²) >= 11 is 0. The molecule has 3 rings (SSSR count). The van der Waals surface area contributed by atoms with Crippen LogP contribution >= 0.6 is 0 Å². The number of benzene rings is 1. The summed E-state index contributed by atoms with van der Waals surface area (Å²) in [7, 11) is 0. The monoisotopic (exact) mass is 395 g/mol. The quantitative estimate of drug-likeness (QED) is 0.699. The molecule has 0 amide bonds. The molecule has 2 atom stereocenters. The number of esters is 2. The number of carbonyl (C=O) groups excluding carboxylic acids is 2. The minimum Gasteiger partial charge on any atom is -0.469 e. The van der Waals surface area contributed by atoms with Crippen LogP contribution in [0.5, 0.6) is 0 Å². The largest absolute Gasteiger partial charge is 0.469 e. The average Bonchev–Trinajstić information content (AvgIpc) is 3.23. The van der Waals surface area contributed by atoms with Crippen molar-refractivity contribution in [1.29, 1.82) is 0 Å². The Morgan fingerprint density at radius 3 is 2.38 bits per heavy atom. The van der Waals surface area contributed by atoms with E-state index >= 15 is 0 Å². The zero-order chi connectivity index (χ0) is 20.8. The maximum absolute atomic E-state index is 13.0. The van der Waals surface area contributed by atoms with Crippen molar-refractivity contribution in [3.63, 3.8) is 0 Å². The SMILES string of the molecule is CCOC(=O)C1=C(Nc2ccccc2)C=C(C)[C@H](C(=O)OCC)[C@H]1c1ccco1. The molecule has 1 aromatic heterocycles. The van der Waals surface area contributed by atoms with Crippen LogP contribution in [0.1, 0.15) is 32.4 Å². The molecule has 152 valence electrons. The van der Waals surface area contributed by atoms with Crippen molar-refractivity contribution in [2.75, 3.05) is 18.5 Å². The summed E-state index contributed by atoms with van der Waals surface area (Å²) < 4.78 is 16.3. The van der Waals surface area contributed by atoms with Gasteiger partial charge in [0, 0.05) is 11.4 Å². The first-order valence-corrected chi connectivity index (χ1v) is 9.68. The molecule has 0 saturated heterocycles. The van der Waals surface area contributed by atoms with Crippen LogP contribution in [0.4, 0.5) is 5.69 Å². The van der Waals surface area contributed by atoms with Gasteiger partial charge in [-0.3, -0.25) is 4.79 Å². The van der Waals surface area contributed by atoms with E-state index in [2.05, 4.69) is 5.32 Å². The number of para-hydroxylation sites is 1. The van der Waals surface area contributed by atoms with Crippen molar-refractivity contribution in [2.45, 2.75) is 26.7 Å². The molecular formula is C23H25NO5. The molecule has 1 aliphatic rings. The number of hydrogen-bond acceptors (Lipinski definition) is 6. The zero-order valence-electron chi connectivity index (χ0n) is 16.8. The lowest BCUT2D eigenvalue weighted by atomic mass is 9.75. The molecule has 0 bridgehead atoms. The van der Waals surface area contributed by atoms with Crippen LogP contribution in [0.2, 0.25) is 0 Å². The maximum atomic E-state index is 13.0. The van der Waals surface area contributed by atoms with Gasteiger partial charge in [0.25, 0.3) is 0 Å². The van der Waals surface area contributed by atoms with Gasteiger partial charge >= 0.3 is 11.9 Å². The summed E-state index contributed by atoms with van der Waals surface area (Å²) in [6.45, 7) is 5.83. The van der Waals surface area contributed by atoms with E-state index < -0.39 is 23.8 Å². The fourth-order valence-corrected chi connectivity index (χ4v) is 3.55. The van der Waals surface area contributed by atoms with E-state index in [-0.39, 0.29) is 13.2 Å². The summed E-state index contributed by atoms with van der Waals surface area (Å²) in [5, 5.41) is 3.29. The first kappa shape index (κ1) is 20.5. The number of rotatable bonds is 7. The van der Waals surface area contributed by atoms with E-state index in [1.54, 1.807) is 32.1 Å². The van der Waals surface area contributed by atoms with Crippen LogP contribution in [0.15, 0.2) is 76.1 Å². The Hall–Kier alpha value is -3.28. The Labute approximate surface area is 170 Å². The molecule has 29 heavy (non-hydrogen) atoms. The third-order valence-electron chi connectivity index (χ3n) is 4.74. The highest BCUT2D eigenvalue weighted by Gasteiger charge is 2.43. The Morgan fingerprint density at radius 1 is 1.03 bits per heavy atom. The van der Waals surface area contributed by atoms with Gasteiger partial charge < -0.3 is 19.2 Å². The van der Waals surface area contributed by atoms with Crippen LogP contribution in [0.25, 0.3) is 0 Å². The van der Waals surface area contributed by atoms with Crippen molar-refractivity contribution < 1.29 is 23.5 Å². The van der Waals surface area contributed by atoms with Crippen molar-refractivity contribution >= 4 is 17.6 Å². The number of ether oxygens (including phenoxy) is 2. The van der Waals surface area contributed by atoms with Crippen molar-refractivity contribution in [1.82, 2.24) is 0 Å². The summed E-state index contributed by atoms with van der Waals surface area (Å²) in [4.78, 5) is 25.8. The van der Waals surface area contributed by atoms with Gasteiger partial charge in [-0.05, 0) is 51.1 Å². The number of allylic oxidation sites excluding steroid dienone is 1. The van der Waals surface area contributed by atoms with E-state index in [0.717, 1.165) is 11.3 Å². The second-order valence-electron chi connectivity index (χ2n) is 6.65. The van der Waals surface area contributed by atoms with Gasteiger partial charge in [0.2, 0.25) is 0 Å². The number of nitrogens with one attached hydrogen (secondary N) is 1. The van der Waals surface area contributed by atoms with Crippen LogP contribution in [-0.2, 0) is 19.1 Å². The number of anilines is 1. The van der Waals surface area contributed by atoms with Crippen LogP contribution in [0, 0.1) is 5.92 Å². The van der Waals surface area contributed by atoms with Gasteiger partial charge in [-0.15, -0.1) is 0 Å². The van der Waals surface area contributed by atoms with E-state index in [1.165, 1.54) is 6.26 Å². The highest BCUT2D eigenvalue weighted by Crippen LogP contribution is 2.43. The second kappa shape index (κ2) is 9.28. The fourth-order valence-electron chi connectivity index (χ4n) is 3.55.